The van der Waals surface area contributed by atoms with Crippen LogP contribution in [-0.2, 0) is 30.4 Å². The third-order valence-electron chi connectivity index (χ3n) is 12.1. The predicted molar refractivity (Wildman–Crippen MR) is 227 cm³/mol. The largest absolute Gasteiger partial charge is 0.416 e. The van der Waals surface area contributed by atoms with Gasteiger partial charge < -0.3 is 15.1 Å². The fourth-order valence-electron chi connectivity index (χ4n) is 7.67. The summed E-state index contributed by atoms with van der Waals surface area (Å²) >= 11 is 0. The summed E-state index contributed by atoms with van der Waals surface area (Å²) < 4.78 is 6.46. The molecule has 0 atom stereocenters. The van der Waals surface area contributed by atoms with Crippen molar-refractivity contribution in [3.63, 3.8) is 0 Å². The Balaban J connectivity index is 1.16. The molecule has 0 saturated carbocycles. The summed E-state index contributed by atoms with van der Waals surface area (Å²) in [5.41, 5.74) is 12.9. The lowest BCUT2D eigenvalue weighted by atomic mass is 9.94. The van der Waals surface area contributed by atoms with E-state index in [9.17, 15) is 9.59 Å². The van der Waals surface area contributed by atoms with Gasteiger partial charge in [0.05, 0.1) is 11.4 Å². The lowest BCUT2D eigenvalue weighted by Gasteiger charge is -2.37. The van der Waals surface area contributed by atoms with Crippen LogP contribution in [0, 0.1) is 27.7 Å². The van der Waals surface area contributed by atoms with Gasteiger partial charge in [0.15, 0.2) is 8.32 Å². The Labute approximate surface area is 329 Å². The molecule has 6 rings (SSSR count). The standard InChI is InChI=1S/C45H60N6O3Si/c1-11-20-50-21-18-33-29(2)25-39(46-41(33)27-50)43(52)48-37-16-12-14-35(31(37)4)36-15-13-17-38(32(36)5)49-44(53)40-26-30(3)34-19-22-51(28-42(34)47-40)23-24-54-55(9,10)45(6,7)8/h12-17,25-26H,11,18-24,27-28H2,1-10H3,(H,48,52)(H,49,53). The summed E-state index contributed by atoms with van der Waals surface area (Å²) in [4.78, 5) is 42.0. The number of aromatic nitrogens is 2. The molecule has 4 heterocycles. The molecular formula is C45H60N6O3Si. The van der Waals surface area contributed by atoms with Crippen LogP contribution in [0.3, 0.4) is 0 Å². The van der Waals surface area contributed by atoms with Crippen molar-refractivity contribution in [2.75, 3.05) is 43.4 Å². The molecule has 0 radical (unpaired) electrons. The lowest BCUT2D eigenvalue weighted by Crippen LogP contribution is -2.43. The molecule has 0 aliphatic carbocycles. The van der Waals surface area contributed by atoms with E-state index < -0.39 is 8.32 Å². The maximum Gasteiger partial charge on any atom is 0.274 e. The molecular weight excluding hydrogens is 701 g/mol. The second kappa shape index (κ2) is 16.5. The van der Waals surface area contributed by atoms with Gasteiger partial charge in [-0.2, -0.15) is 0 Å². The fourth-order valence-corrected chi connectivity index (χ4v) is 8.71. The number of anilines is 2. The van der Waals surface area contributed by atoms with Crippen LogP contribution in [-0.4, -0.2) is 72.7 Å². The minimum Gasteiger partial charge on any atom is -0.416 e. The van der Waals surface area contributed by atoms with E-state index >= 15 is 0 Å². The zero-order valence-corrected chi connectivity index (χ0v) is 35.7. The molecule has 4 aromatic rings. The quantitative estimate of drug-likeness (QED) is 0.147. The number of carbonyl (C=O) groups excluding carboxylic acids is 2. The number of benzene rings is 2. The number of carbonyl (C=O) groups is 2. The average molecular weight is 761 g/mol. The van der Waals surface area contributed by atoms with Gasteiger partial charge in [0.2, 0.25) is 0 Å². The highest BCUT2D eigenvalue weighted by Gasteiger charge is 2.37. The summed E-state index contributed by atoms with van der Waals surface area (Å²) in [7, 11) is -1.81. The van der Waals surface area contributed by atoms with E-state index in [0.29, 0.717) is 24.5 Å². The number of aryl methyl sites for hydroxylation is 2. The molecule has 2 aromatic heterocycles. The van der Waals surface area contributed by atoms with Crippen molar-refractivity contribution in [3.05, 3.63) is 105 Å². The number of nitrogens with one attached hydrogen (secondary N) is 2. The van der Waals surface area contributed by atoms with Crippen LogP contribution >= 0.6 is 0 Å². The number of rotatable bonds is 11. The molecule has 0 spiro atoms. The van der Waals surface area contributed by atoms with Gasteiger partial charge in [0, 0.05) is 50.7 Å². The third-order valence-corrected chi connectivity index (χ3v) is 16.6. The van der Waals surface area contributed by atoms with Crippen molar-refractivity contribution >= 4 is 31.5 Å². The SMILES string of the molecule is CCCN1CCc2c(C)cc(C(=O)Nc3cccc(-c4cccc(NC(=O)c5cc(C)c6c(n5)CN(CCO[Si](C)(C)C(C)(C)C)CC6)c4C)c3C)nc2C1. The first kappa shape index (κ1) is 40.4. The summed E-state index contributed by atoms with van der Waals surface area (Å²) in [5, 5.41) is 6.49. The molecule has 2 amide bonds. The van der Waals surface area contributed by atoms with Crippen LogP contribution in [0.15, 0.2) is 48.5 Å². The van der Waals surface area contributed by atoms with Gasteiger partial charge in [-0.25, -0.2) is 9.97 Å². The van der Waals surface area contributed by atoms with Gasteiger partial charge in [0.1, 0.15) is 11.4 Å². The third kappa shape index (κ3) is 8.93. The number of pyridine rings is 2. The fraction of sp³-hybridized carbons (Fsp3) is 0.467. The smallest absolute Gasteiger partial charge is 0.274 e. The van der Waals surface area contributed by atoms with Crippen LogP contribution in [0.25, 0.3) is 11.1 Å². The number of amides is 2. The normalized spacial score (nSPS) is 15.0. The Kier molecular flexibility index (Phi) is 12.1. The monoisotopic (exact) mass is 760 g/mol. The van der Waals surface area contributed by atoms with Crippen molar-refractivity contribution in [3.8, 4) is 11.1 Å². The molecule has 55 heavy (non-hydrogen) atoms. The molecule has 2 aromatic carbocycles. The Bertz CT molecular complexity index is 2090. The molecule has 0 saturated heterocycles. The number of nitrogens with zero attached hydrogens (tertiary/aromatic N) is 4. The van der Waals surface area contributed by atoms with Gasteiger partial charge >= 0.3 is 0 Å². The van der Waals surface area contributed by atoms with Gasteiger partial charge in [-0.15, -0.1) is 0 Å². The molecule has 10 heteroatoms. The predicted octanol–water partition coefficient (Wildman–Crippen LogP) is 9.03. The summed E-state index contributed by atoms with van der Waals surface area (Å²) in [6.07, 6.45) is 2.97. The van der Waals surface area contributed by atoms with Crippen LogP contribution in [0.4, 0.5) is 11.4 Å². The minimum absolute atomic E-state index is 0.178. The lowest BCUT2D eigenvalue weighted by molar-refractivity contribution is 0.101. The van der Waals surface area contributed by atoms with Gasteiger partial charge in [-0.3, -0.25) is 19.4 Å². The van der Waals surface area contributed by atoms with Crippen molar-refractivity contribution in [1.29, 1.82) is 0 Å². The Morgan fingerprint density at radius 2 is 1.20 bits per heavy atom. The van der Waals surface area contributed by atoms with Crippen LogP contribution < -0.4 is 10.6 Å². The first-order valence-corrected chi connectivity index (χ1v) is 22.9. The highest BCUT2D eigenvalue weighted by molar-refractivity contribution is 6.74. The van der Waals surface area contributed by atoms with Crippen molar-refractivity contribution in [2.24, 2.45) is 0 Å². The summed E-state index contributed by atoms with van der Waals surface area (Å²) in [6, 6.07) is 15.7. The first-order valence-electron chi connectivity index (χ1n) is 20.0. The van der Waals surface area contributed by atoms with E-state index in [1.54, 1.807) is 0 Å². The molecule has 2 N–H and O–H groups in total. The van der Waals surface area contributed by atoms with Gasteiger partial charge in [-0.1, -0.05) is 52.0 Å². The van der Waals surface area contributed by atoms with Gasteiger partial charge in [-0.05, 0) is 140 Å². The Hall–Kier alpha value is -4.22. The molecule has 0 fully saturated rings. The van der Waals surface area contributed by atoms with E-state index in [1.165, 1.54) is 11.1 Å². The highest BCUT2D eigenvalue weighted by Crippen LogP contribution is 2.37. The minimum atomic E-state index is -1.81. The van der Waals surface area contributed by atoms with Crippen molar-refractivity contribution < 1.29 is 14.0 Å². The molecule has 2 aliphatic rings. The Morgan fingerprint density at radius 3 is 1.64 bits per heavy atom. The number of hydrogen-bond acceptors (Lipinski definition) is 7. The van der Waals surface area contributed by atoms with E-state index in [-0.39, 0.29) is 16.9 Å². The van der Waals surface area contributed by atoms with E-state index in [2.05, 4.69) is 87.2 Å². The summed E-state index contributed by atoms with van der Waals surface area (Å²) in [6.45, 7) is 27.8. The zero-order valence-electron chi connectivity index (χ0n) is 34.7. The molecule has 2 aliphatic heterocycles. The van der Waals surface area contributed by atoms with E-state index in [0.717, 1.165) is 108 Å². The second-order valence-electron chi connectivity index (χ2n) is 17.0. The Morgan fingerprint density at radius 1 is 0.745 bits per heavy atom. The number of fused-ring (bicyclic) bond motifs is 2. The maximum absolute atomic E-state index is 13.8. The van der Waals surface area contributed by atoms with Crippen LogP contribution in [0.2, 0.25) is 18.1 Å². The second-order valence-corrected chi connectivity index (χ2v) is 21.8. The van der Waals surface area contributed by atoms with Gasteiger partial charge in [0.25, 0.3) is 11.8 Å². The average Bonchev–Trinajstić information content (AvgIpc) is 3.12. The topological polar surface area (TPSA) is 99.7 Å². The molecule has 0 unspecified atom stereocenters. The highest BCUT2D eigenvalue weighted by atomic mass is 28.4. The molecule has 292 valence electrons. The molecule has 9 nitrogen and oxygen atoms in total. The van der Waals surface area contributed by atoms with Crippen molar-refractivity contribution in [2.45, 2.75) is 106 Å². The first-order chi connectivity index (χ1) is 26.1. The van der Waals surface area contributed by atoms with E-state index in [1.807, 2.05) is 50.2 Å². The van der Waals surface area contributed by atoms with Crippen molar-refractivity contribution in [1.82, 2.24) is 19.8 Å². The summed E-state index contributed by atoms with van der Waals surface area (Å²) in [5.74, 6) is -0.445. The maximum atomic E-state index is 13.8. The molecule has 0 bridgehead atoms. The van der Waals surface area contributed by atoms with Crippen LogP contribution in [0.5, 0.6) is 0 Å². The number of hydrogen-bond donors (Lipinski definition) is 2. The van der Waals surface area contributed by atoms with Crippen LogP contribution in [0.1, 0.15) is 99.9 Å². The zero-order chi connectivity index (χ0) is 39.7. The van der Waals surface area contributed by atoms with E-state index in [4.69, 9.17) is 14.4 Å².